The molecule has 0 aliphatic carbocycles. The van der Waals surface area contributed by atoms with Gasteiger partial charge in [0.05, 0.1) is 18.7 Å². The normalized spacial score (nSPS) is 11.2. The van der Waals surface area contributed by atoms with E-state index in [1.54, 1.807) is 16.7 Å². The quantitative estimate of drug-likeness (QED) is 0.128. The Hall–Kier alpha value is -4.59. The molecular formula is C32H32FNO6. The molecule has 0 amide bonds. The Morgan fingerprint density at radius 3 is 2.08 bits per heavy atom. The molecule has 4 aromatic rings. The number of aromatic nitrogens is 1. The van der Waals surface area contributed by atoms with E-state index in [0.717, 1.165) is 46.2 Å². The summed E-state index contributed by atoms with van der Waals surface area (Å²) in [5.41, 5.74) is 3.60. The van der Waals surface area contributed by atoms with E-state index in [0.29, 0.717) is 31.8 Å². The van der Waals surface area contributed by atoms with Crippen LogP contribution in [0.3, 0.4) is 0 Å². The van der Waals surface area contributed by atoms with Crippen molar-refractivity contribution in [3.63, 3.8) is 0 Å². The molecule has 0 saturated heterocycles. The molecule has 4 rings (SSSR count). The maximum Gasteiger partial charge on any atom is 0.323 e. The van der Waals surface area contributed by atoms with Gasteiger partial charge in [-0.25, -0.2) is 4.39 Å². The minimum absolute atomic E-state index is 0.0663. The molecule has 0 radical (unpaired) electrons. The van der Waals surface area contributed by atoms with Crippen LogP contribution in [-0.4, -0.2) is 39.9 Å². The number of para-hydroxylation sites is 1. The number of carboxylic acid groups (broad SMARTS) is 2. The Labute approximate surface area is 232 Å². The van der Waals surface area contributed by atoms with Crippen LogP contribution in [0.1, 0.15) is 42.4 Å². The number of aliphatic carboxylic acids is 2. The molecule has 1 aromatic heterocycles. The Balaban J connectivity index is 1.34. The first-order chi connectivity index (χ1) is 19.4. The number of hydrogen-bond acceptors (Lipinski definition) is 4. The summed E-state index contributed by atoms with van der Waals surface area (Å²) in [5, 5.41) is 19.3. The number of halogens is 1. The molecule has 7 nitrogen and oxygen atoms in total. The fourth-order valence-corrected chi connectivity index (χ4v) is 4.47. The zero-order valence-electron chi connectivity index (χ0n) is 22.1. The number of carbonyl (C=O) groups is 2. The van der Waals surface area contributed by atoms with Gasteiger partial charge >= 0.3 is 11.9 Å². The number of nitrogens with zero attached hydrogens (tertiary/aromatic N) is 1. The fourth-order valence-electron chi connectivity index (χ4n) is 4.47. The minimum Gasteiger partial charge on any atom is -0.494 e. The average molecular weight is 546 g/mol. The number of fused-ring (bicyclic) bond motifs is 1. The van der Waals surface area contributed by atoms with E-state index < -0.39 is 11.9 Å². The molecule has 0 aliphatic heterocycles. The van der Waals surface area contributed by atoms with Crippen molar-refractivity contribution in [2.75, 3.05) is 13.2 Å². The Morgan fingerprint density at radius 1 is 0.800 bits per heavy atom. The molecule has 0 saturated carbocycles. The Morgan fingerprint density at radius 2 is 1.45 bits per heavy atom. The smallest absolute Gasteiger partial charge is 0.323 e. The summed E-state index contributed by atoms with van der Waals surface area (Å²) in [7, 11) is 0. The molecular weight excluding hydrogens is 513 g/mol. The predicted molar refractivity (Wildman–Crippen MR) is 152 cm³/mol. The minimum atomic E-state index is -0.941. The van der Waals surface area contributed by atoms with Crippen LogP contribution in [0.5, 0.6) is 11.5 Å². The number of aryl methyl sites for hydroxylation is 1. The molecule has 208 valence electrons. The van der Waals surface area contributed by atoms with Gasteiger partial charge in [-0.3, -0.25) is 9.59 Å². The van der Waals surface area contributed by atoms with Crippen molar-refractivity contribution in [3.05, 3.63) is 95.4 Å². The molecule has 0 atom stereocenters. The zero-order chi connectivity index (χ0) is 28.3. The van der Waals surface area contributed by atoms with Crippen LogP contribution in [0.25, 0.3) is 23.1 Å². The molecule has 0 bridgehead atoms. The summed E-state index contributed by atoms with van der Waals surface area (Å²) in [6.07, 6.45) is 8.49. The van der Waals surface area contributed by atoms with E-state index in [-0.39, 0.29) is 18.8 Å². The van der Waals surface area contributed by atoms with Gasteiger partial charge in [-0.05, 0) is 78.8 Å². The second kappa shape index (κ2) is 14.0. The first kappa shape index (κ1) is 28.4. The third-order valence-electron chi connectivity index (χ3n) is 6.38. The second-order valence-electron chi connectivity index (χ2n) is 9.43. The largest absolute Gasteiger partial charge is 0.494 e. The number of hydrogen-bond donors (Lipinski definition) is 2. The van der Waals surface area contributed by atoms with Crippen LogP contribution >= 0.6 is 0 Å². The monoisotopic (exact) mass is 545 g/mol. The third-order valence-corrected chi connectivity index (χ3v) is 6.38. The number of carboxylic acids is 2. The van der Waals surface area contributed by atoms with Gasteiger partial charge in [0.25, 0.3) is 0 Å². The van der Waals surface area contributed by atoms with E-state index in [4.69, 9.17) is 14.6 Å². The van der Waals surface area contributed by atoms with Gasteiger partial charge < -0.3 is 24.3 Å². The zero-order valence-corrected chi connectivity index (χ0v) is 22.1. The van der Waals surface area contributed by atoms with Crippen molar-refractivity contribution in [2.45, 2.75) is 38.6 Å². The van der Waals surface area contributed by atoms with Crippen LogP contribution in [0.2, 0.25) is 0 Å². The topological polar surface area (TPSA) is 98.0 Å². The highest BCUT2D eigenvalue weighted by Gasteiger charge is 2.13. The van der Waals surface area contributed by atoms with Gasteiger partial charge in [0.15, 0.2) is 0 Å². The summed E-state index contributed by atoms with van der Waals surface area (Å²) in [4.78, 5) is 22.4. The lowest BCUT2D eigenvalue weighted by atomic mass is 10.0. The Kier molecular flexibility index (Phi) is 9.93. The summed E-state index contributed by atoms with van der Waals surface area (Å²) in [6, 6.07) is 19.5. The molecule has 8 heteroatoms. The lowest BCUT2D eigenvalue weighted by Gasteiger charge is -2.08. The Bertz CT molecular complexity index is 1460. The van der Waals surface area contributed by atoms with Crippen LogP contribution in [0.4, 0.5) is 4.39 Å². The molecule has 0 aliphatic rings. The fraction of sp³-hybridized carbons (Fsp3) is 0.250. The summed E-state index contributed by atoms with van der Waals surface area (Å²) in [6.45, 7) is 0.912. The van der Waals surface area contributed by atoms with E-state index in [2.05, 4.69) is 0 Å². The highest BCUT2D eigenvalue weighted by molar-refractivity contribution is 5.94. The van der Waals surface area contributed by atoms with Gasteiger partial charge in [0.2, 0.25) is 0 Å². The lowest BCUT2D eigenvalue weighted by molar-refractivity contribution is -0.138. The molecule has 0 spiro atoms. The molecule has 3 aromatic carbocycles. The third kappa shape index (κ3) is 8.20. The summed E-state index contributed by atoms with van der Waals surface area (Å²) in [5.74, 6) is -0.662. The maximum atomic E-state index is 12.9. The summed E-state index contributed by atoms with van der Waals surface area (Å²) >= 11 is 0. The van der Waals surface area contributed by atoms with Crippen molar-refractivity contribution in [1.82, 2.24) is 4.57 Å². The van der Waals surface area contributed by atoms with Crippen molar-refractivity contribution in [1.29, 1.82) is 0 Å². The molecule has 0 unspecified atom stereocenters. The molecule has 0 fully saturated rings. The predicted octanol–water partition coefficient (Wildman–Crippen LogP) is 6.68. The van der Waals surface area contributed by atoms with Crippen LogP contribution in [-0.2, 0) is 22.6 Å². The molecule has 1 heterocycles. The van der Waals surface area contributed by atoms with Crippen LogP contribution < -0.4 is 9.47 Å². The maximum absolute atomic E-state index is 12.9. The summed E-state index contributed by atoms with van der Waals surface area (Å²) < 4.78 is 26.1. The van der Waals surface area contributed by atoms with E-state index >= 15 is 0 Å². The van der Waals surface area contributed by atoms with Gasteiger partial charge in [0.1, 0.15) is 23.9 Å². The van der Waals surface area contributed by atoms with Crippen molar-refractivity contribution >= 4 is 35.0 Å². The first-order valence-corrected chi connectivity index (χ1v) is 13.2. The highest BCUT2D eigenvalue weighted by Crippen LogP contribution is 2.28. The van der Waals surface area contributed by atoms with Crippen LogP contribution in [0, 0.1) is 5.82 Å². The van der Waals surface area contributed by atoms with Gasteiger partial charge in [-0.1, -0.05) is 42.5 Å². The highest BCUT2D eigenvalue weighted by atomic mass is 19.1. The second-order valence-corrected chi connectivity index (χ2v) is 9.43. The first-order valence-electron chi connectivity index (χ1n) is 13.2. The van der Waals surface area contributed by atoms with Gasteiger partial charge in [-0.2, -0.15) is 0 Å². The van der Waals surface area contributed by atoms with Gasteiger partial charge in [0, 0.05) is 18.0 Å². The van der Waals surface area contributed by atoms with Gasteiger partial charge in [-0.15, -0.1) is 0 Å². The average Bonchev–Trinajstić information content (AvgIpc) is 3.28. The molecule has 40 heavy (non-hydrogen) atoms. The lowest BCUT2D eigenvalue weighted by Crippen LogP contribution is -2.07. The SMILES string of the molecule is O=C(O)CCCc1cn(CC(=O)O)c2c(C=Cc3ccc(OCCCCOc4ccc(F)cc4)cc3)cccc12. The van der Waals surface area contributed by atoms with Crippen molar-refractivity contribution in [3.8, 4) is 11.5 Å². The molecule has 2 N–H and O–H groups in total. The number of unbranched alkanes of at least 4 members (excludes halogenated alkanes) is 1. The van der Waals surface area contributed by atoms with E-state index in [1.807, 2.05) is 60.8 Å². The van der Waals surface area contributed by atoms with E-state index in [9.17, 15) is 19.1 Å². The van der Waals surface area contributed by atoms with Crippen molar-refractivity contribution in [2.24, 2.45) is 0 Å². The number of benzene rings is 3. The van der Waals surface area contributed by atoms with Crippen LogP contribution in [0.15, 0.2) is 72.9 Å². The number of ether oxygens (including phenoxy) is 2. The van der Waals surface area contributed by atoms with Crippen molar-refractivity contribution < 1.29 is 33.7 Å². The van der Waals surface area contributed by atoms with E-state index in [1.165, 1.54) is 12.1 Å². The number of rotatable bonds is 15. The standard InChI is InChI=1S/C32H32FNO6/c33-26-13-17-28(18-14-26)40-20-2-1-19-39-27-15-10-23(11-16-27)9-12-24-5-3-7-29-25(6-4-8-30(35)36)21-34(32(24)29)22-31(37)38/h3,5,7,9-18,21H,1-2,4,6,8,19-20,22H2,(H,35,36)(H,37,38).